The molecular weight excluding hydrogens is 418 g/mol. The van der Waals surface area contributed by atoms with Gasteiger partial charge in [0.15, 0.2) is 0 Å². The number of rotatable bonds is 2. The molecule has 1 amide bonds. The van der Waals surface area contributed by atoms with Crippen molar-refractivity contribution in [3.05, 3.63) is 0 Å². The van der Waals surface area contributed by atoms with Gasteiger partial charge in [0.1, 0.15) is 6.61 Å². The van der Waals surface area contributed by atoms with E-state index in [0.29, 0.717) is 18.7 Å². The van der Waals surface area contributed by atoms with Crippen LogP contribution >= 0.6 is 0 Å². The Morgan fingerprint density at radius 1 is 1.53 bits per heavy atom. The zero-order chi connectivity index (χ0) is 10.1. The van der Waals surface area contributed by atoms with E-state index in [0.717, 1.165) is 19.6 Å². The molecule has 0 N–H and O–H groups in total. The van der Waals surface area contributed by atoms with Crippen LogP contribution in [0.2, 0.25) is 0 Å². The van der Waals surface area contributed by atoms with Crippen LogP contribution in [0.15, 0.2) is 0 Å². The number of hydrogen-bond acceptors (Lipinski definition) is 3. The molecule has 2 aliphatic rings. The van der Waals surface area contributed by atoms with Crippen LogP contribution in [0, 0.1) is 31.1 Å². The average molecular weight is 436 g/mol. The van der Waals surface area contributed by atoms with Gasteiger partial charge in [-0.25, -0.2) is 4.79 Å². The van der Waals surface area contributed by atoms with Crippen LogP contribution in [0.4, 0.5) is 4.79 Å². The SMILES string of the molecule is CCC(C)N1CCN2C(=O)OCC2C1.[U]. The number of ether oxygens (including phenoxy) is 1. The van der Waals surface area contributed by atoms with Crippen LogP contribution in [-0.4, -0.2) is 54.2 Å². The minimum absolute atomic E-state index is 0. The Morgan fingerprint density at radius 3 is 2.93 bits per heavy atom. The number of fused-ring (bicyclic) bond motifs is 1. The van der Waals surface area contributed by atoms with Crippen molar-refractivity contribution in [2.75, 3.05) is 26.2 Å². The van der Waals surface area contributed by atoms with Crippen molar-refractivity contribution in [1.82, 2.24) is 9.80 Å². The number of amides is 1. The van der Waals surface area contributed by atoms with Crippen LogP contribution in [0.3, 0.4) is 0 Å². The second-order valence-corrected chi connectivity index (χ2v) is 4.18. The number of carbonyl (C=O) groups is 1. The quantitative estimate of drug-likeness (QED) is 0.646. The number of piperazine rings is 1. The summed E-state index contributed by atoms with van der Waals surface area (Å²) >= 11 is 0. The number of cyclic esters (lactones) is 1. The van der Waals surface area contributed by atoms with E-state index in [-0.39, 0.29) is 37.2 Å². The van der Waals surface area contributed by atoms with Crippen molar-refractivity contribution in [3.63, 3.8) is 0 Å². The third-order valence-electron chi connectivity index (χ3n) is 3.36. The Morgan fingerprint density at radius 2 is 2.27 bits per heavy atom. The fourth-order valence-electron chi connectivity index (χ4n) is 2.17. The largest absolute Gasteiger partial charge is 0.447 e. The molecule has 5 heteroatoms. The molecule has 0 aromatic heterocycles. The fourth-order valence-corrected chi connectivity index (χ4v) is 2.17. The monoisotopic (exact) mass is 436 g/mol. The van der Waals surface area contributed by atoms with E-state index in [1.54, 1.807) is 0 Å². The summed E-state index contributed by atoms with van der Waals surface area (Å²) in [5.41, 5.74) is 0. The summed E-state index contributed by atoms with van der Waals surface area (Å²) in [6.07, 6.45) is 1.04. The summed E-state index contributed by atoms with van der Waals surface area (Å²) in [6, 6.07) is 0.915. The van der Waals surface area contributed by atoms with E-state index < -0.39 is 0 Å². The molecule has 0 aromatic rings. The normalized spacial score (nSPS) is 28.0. The van der Waals surface area contributed by atoms with E-state index in [1.807, 2.05) is 4.90 Å². The molecule has 2 atom stereocenters. The topological polar surface area (TPSA) is 32.8 Å². The van der Waals surface area contributed by atoms with Gasteiger partial charge in [-0.2, -0.15) is 0 Å². The van der Waals surface area contributed by atoms with Crippen LogP contribution in [0.25, 0.3) is 0 Å². The predicted molar refractivity (Wildman–Crippen MR) is 53.2 cm³/mol. The maximum Gasteiger partial charge on any atom is 0.410 e. The Labute approximate surface area is 115 Å². The fraction of sp³-hybridized carbons (Fsp3) is 0.900. The molecule has 0 radical (unpaired) electrons. The molecule has 0 aromatic carbocycles. The molecule has 0 aliphatic carbocycles. The maximum atomic E-state index is 11.2. The van der Waals surface area contributed by atoms with Crippen molar-refractivity contribution < 1.29 is 40.6 Å². The van der Waals surface area contributed by atoms with Gasteiger partial charge in [0.2, 0.25) is 0 Å². The van der Waals surface area contributed by atoms with Crippen molar-refractivity contribution in [1.29, 1.82) is 0 Å². The Bertz CT molecular complexity index is 237. The maximum absolute atomic E-state index is 11.2. The molecule has 0 bridgehead atoms. The van der Waals surface area contributed by atoms with E-state index in [4.69, 9.17) is 4.74 Å². The minimum Gasteiger partial charge on any atom is -0.447 e. The molecule has 0 saturated carbocycles. The molecular formula is C10H18N2O2U. The third kappa shape index (κ3) is 2.69. The van der Waals surface area contributed by atoms with Gasteiger partial charge >= 0.3 is 6.09 Å². The Balaban J connectivity index is 0.00000112. The van der Waals surface area contributed by atoms with Gasteiger partial charge in [0.05, 0.1) is 6.04 Å². The van der Waals surface area contributed by atoms with Crippen LogP contribution in [-0.2, 0) is 4.74 Å². The molecule has 2 heterocycles. The van der Waals surface area contributed by atoms with Gasteiger partial charge in [-0.05, 0) is 13.3 Å². The minimum atomic E-state index is -0.126. The van der Waals surface area contributed by atoms with E-state index in [2.05, 4.69) is 18.7 Å². The van der Waals surface area contributed by atoms with E-state index in [1.165, 1.54) is 6.42 Å². The molecule has 4 nitrogen and oxygen atoms in total. The van der Waals surface area contributed by atoms with Crippen LogP contribution in [0.1, 0.15) is 20.3 Å². The van der Waals surface area contributed by atoms with Gasteiger partial charge in [0, 0.05) is 56.8 Å². The standard InChI is InChI=1S/C10H18N2O2.U/c1-3-8(2)11-4-5-12-9(6-11)7-14-10(12)13;/h8-9H,3-7H2,1-2H3;. The average Bonchev–Trinajstić information content (AvgIpc) is 2.59. The zero-order valence-electron chi connectivity index (χ0n) is 9.40. The van der Waals surface area contributed by atoms with E-state index >= 15 is 0 Å². The molecule has 2 saturated heterocycles. The van der Waals surface area contributed by atoms with E-state index in [9.17, 15) is 4.79 Å². The van der Waals surface area contributed by atoms with Crippen molar-refractivity contribution in [3.8, 4) is 0 Å². The Hall–Kier alpha value is 0.282. The van der Waals surface area contributed by atoms with Crippen molar-refractivity contribution >= 4 is 6.09 Å². The smallest absolute Gasteiger partial charge is 0.410 e. The first-order valence-electron chi connectivity index (χ1n) is 5.39. The second-order valence-electron chi connectivity index (χ2n) is 4.18. The van der Waals surface area contributed by atoms with Gasteiger partial charge in [-0.1, -0.05) is 6.92 Å². The van der Waals surface area contributed by atoms with Gasteiger partial charge in [-0.3, -0.25) is 9.80 Å². The molecule has 2 aliphatic heterocycles. The summed E-state index contributed by atoms with van der Waals surface area (Å²) in [4.78, 5) is 15.5. The Kier molecular flexibility index (Phi) is 4.95. The van der Waals surface area contributed by atoms with Gasteiger partial charge in [-0.15, -0.1) is 0 Å². The van der Waals surface area contributed by atoms with Crippen LogP contribution in [0.5, 0.6) is 0 Å². The summed E-state index contributed by atoms with van der Waals surface area (Å²) in [5.74, 6) is 0. The molecule has 15 heavy (non-hydrogen) atoms. The third-order valence-corrected chi connectivity index (χ3v) is 3.36. The number of hydrogen-bond donors (Lipinski definition) is 0. The van der Waals surface area contributed by atoms with Gasteiger partial charge in [0.25, 0.3) is 0 Å². The molecule has 84 valence electrons. The van der Waals surface area contributed by atoms with Gasteiger partial charge < -0.3 is 4.74 Å². The molecule has 2 fully saturated rings. The summed E-state index contributed by atoms with van der Waals surface area (Å²) in [7, 11) is 0. The molecule has 0 spiro atoms. The molecule has 2 rings (SSSR count). The summed E-state index contributed by atoms with van der Waals surface area (Å²) < 4.78 is 5.02. The first-order valence-corrected chi connectivity index (χ1v) is 5.39. The second kappa shape index (κ2) is 5.56. The number of nitrogens with zero attached hydrogens (tertiary/aromatic N) is 2. The first-order chi connectivity index (χ1) is 6.72. The summed E-state index contributed by atoms with van der Waals surface area (Å²) in [6.45, 7) is 7.81. The first kappa shape index (κ1) is 13.3. The van der Waals surface area contributed by atoms with Crippen LogP contribution < -0.4 is 0 Å². The zero-order valence-corrected chi connectivity index (χ0v) is 13.6. The molecule has 2 unspecified atom stereocenters. The van der Waals surface area contributed by atoms with Crippen molar-refractivity contribution in [2.24, 2.45) is 0 Å². The predicted octanol–water partition coefficient (Wildman–Crippen LogP) is 0.921. The summed E-state index contributed by atoms with van der Waals surface area (Å²) in [5, 5.41) is 0. The number of carbonyl (C=O) groups excluding carboxylic acids is 1. The van der Waals surface area contributed by atoms with Crippen molar-refractivity contribution in [2.45, 2.75) is 32.4 Å².